The first-order chi connectivity index (χ1) is 3.97. The summed E-state index contributed by atoms with van der Waals surface area (Å²) in [4.78, 5) is 3.22. The number of aryl methyl sites for hydroxylation is 1. The molecule has 0 atom stereocenters. The number of H-pyrrole nitrogens is 1. The fourth-order valence-corrected chi connectivity index (χ4v) is 2.93. The number of fused-ring (bicyclic) bond motifs is 1. The summed E-state index contributed by atoms with van der Waals surface area (Å²) < 4.78 is 1.49. The molecule has 3 heteroatoms. The molecule has 42 valence electrons. The predicted molar refractivity (Wildman–Crippen MR) is 35.3 cm³/mol. The van der Waals surface area contributed by atoms with Gasteiger partial charge in [-0.25, -0.2) is 4.98 Å². The Kier molecular flexibility index (Phi) is 1.05. The van der Waals surface area contributed by atoms with Crippen LogP contribution in [0.1, 0.15) is 5.69 Å². The van der Waals surface area contributed by atoms with Crippen LogP contribution in [0.3, 0.4) is 0 Å². The molecule has 0 spiro atoms. The minimum Gasteiger partial charge on any atom is -0.205 e. The van der Waals surface area contributed by atoms with Gasteiger partial charge in [0, 0.05) is 12.2 Å². The summed E-state index contributed by atoms with van der Waals surface area (Å²) in [5, 5.41) is 0. The van der Waals surface area contributed by atoms with Crippen molar-refractivity contribution in [3.63, 3.8) is 0 Å². The van der Waals surface area contributed by atoms with Crippen molar-refractivity contribution < 1.29 is 4.98 Å². The summed E-state index contributed by atoms with van der Waals surface area (Å²) in [5.41, 5.74) is 3.50. The molecule has 1 aromatic rings. The van der Waals surface area contributed by atoms with E-state index in [1.165, 1.54) is 22.1 Å². The number of hydrogen-bond acceptors (Lipinski definition) is 2. The number of thioether (sulfide) groups is 1. The van der Waals surface area contributed by atoms with Crippen LogP contribution in [0, 0.1) is 0 Å². The molecule has 0 aliphatic carbocycles. The molecule has 1 aliphatic rings. The van der Waals surface area contributed by atoms with Crippen molar-refractivity contribution in [2.75, 3.05) is 5.75 Å². The Bertz CT molecular complexity index is 176. The van der Waals surface area contributed by atoms with Gasteiger partial charge >= 0.3 is 0 Å². The molecule has 1 N–H and O–H groups in total. The smallest absolute Gasteiger partial charge is 0.205 e. The summed E-state index contributed by atoms with van der Waals surface area (Å²) in [6.07, 6.45) is 1.24. The van der Waals surface area contributed by atoms with E-state index in [0.717, 1.165) is 0 Å². The average Bonchev–Trinajstić information content (AvgIpc) is 2.15. The maximum atomic E-state index is 3.22. The number of hydrogen-bond donors (Lipinski definition) is 0. The molecule has 0 radical (unpaired) electrons. The third-order valence-electron chi connectivity index (χ3n) is 1.23. The minimum absolute atomic E-state index is 1.24. The molecule has 1 nitrogen and oxygen atoms in total. The van der Waals surface area contributed by atoms with E-state index in [1.54, 1.807) is 0 Å². The maximum Gasteiger partial charge on any atom is 0.224 e. The molecule has 0 saturated heterocycles. The monoisotopic (exact) mass is 144 g/mol. The van der Waals surface area contributed by atoms with E-state index < -0.39 is 0 Å². The van der Waals surface area contributed by atoms with Crippen molar-refractivity contribution in [2.45, 2.75) is 10.6 Å². The van der Waals surface area contributed by atoms with Gasteiger partial charge in [-0.05, 0) is 0 Å². The number of aromatic nitrogens is 1. The maximum absolute atomic E-state index is 3.22. The molecule has 0 amide bonds. The van der Waals surface area contributed by atoms with Gasteiger partial charge in [0.15, 0.2) is 0 Å². The zero-order valence-electron chi connectivity index (χ0n) is 4.31. The van der Waals surface area contributed by atoms with Crippen LogP contribution in [0.2, 0.25) is 0 Å². The molecular weight excluding hydrogens is 138 g/mol. The van der Waals surface area contributed by atoms with E-state index in [0.29, 0.717) is 0 Å². The summed E-state index contributed by atoms with van der Waals surface area (Å²) in [6, 6.07) is 0. The third kappa shape index (κ3) is 0.581. The molecule has 2 rings (SSSR count). The van der Waals surface area contributed by atoms with Gasteiger partial charge in [0.05, 0.1) is 0 Å². The molecule has 0 unspecified atom stereocenters. The molecular formula is C5H6NS2+. The number of nitrogens with one attached hydrogen (secondary N) is 1. The molecule has 8 heavy (non-hydrogen) atoms. The molecule has 1 aromatic heterocycles. The van der Waals surface area contributed by atoms with E-state index in [-0.39, 0.29) is 0 Å². The van der Waals surface area contributed by atoms with Gasteiger partial charge in [-0.2, -0.15) is 0 Å². The summed E-state index contributed by atoms with van der Waals surface area (Å²) >= 11 is 3.78. The fraction of sp³-hybridized carbons (Fsp3) is 0.400. The summed E-state index contributed by atoms with van der Waals surface area (Å²) in [5.74, 6) is 1.28. The molecule has 0 fully saturated rings. The van der Waals surface area contributed by atoms with E-state index in [9.17, 15) is 0 Å². The average molecular weight is 144 g/mol. The van der Waals surface area contributed by atoms with E-state index in [2.05, 4.69) is 10.5 Å². The largest absolute Gasteiger partial charge is 0.224 e. The Morgan fingerprint density at radius 2 is 2.62 bits per heavy atom. The Morgan fingerprint density at radius 3 is 3.50 bits per heavy atom. The Labute approximate surface area is 56.1 Å². The van der Waals surface area contributed by atoms with Crippen molar-refractivity contribution in [1.82, 2.24) is 0 Å². The van der Waals surface area contributed by atoms with Crippen molar-refractivity contribution in [1.29, 1.82) is 0 Å². The highest BCUT2D eigenvalue weighted by Gasteiger charge is 2.18. The summed E-state index contributed by atoms with van der Waals surface area (Å²) in [6.45, 7) is 0. The van der Waals surface area contributed by atoms with Gasteiger partial charge in [0.1, 0.15) is 4.21 Å². The Balaban J connectivity index is 2.54. The highest BCUT2D eigenvalue weighted by Crippen LogP contribution is 2.31. The molecule has 0 aromatic carbocycles. The number of rotatable bonds is 0. The highest BCUT2D eigenvalue weighted by atomic mass is 32.2. The number of thiazole rings is 1. The van der Waals surface area contributed by atoms with Crippen molar-refractivity contribution in [3.05, 3.63) is 11.2 Å². The molecule has 0 bridgehead atoms. The second-order valence-corrected chi connectivity index (χ2v) is 3.99. The lowest BCUT2D eigenvalue weighted by Gasteiger charge is -1.73. The fourth-order valence-electron chi connectivity index (χ4n) is 0.825. The lowest BCUT2D eigenvalue weighted by molar-refractivity contribution is -0.384. The molecule has 0 saturated carbocycles. The van der Waals surface area contributed by atoms with Crippen LogP contribution < -0.4 is 4.98 Å². The zero-order chi connectivity index (χ0) is 5.40. The molecule has 2 heterocycles. The van der Waals surface area contributed by atoms with E-state index in [4.69, 9.17) is 0 Å². The van der Waals surface area contributed by atoms with Gasteiger partial charge in [-0.3, -0.25) is 0 Å². The van der Waals surface area contributed by atoms with Crippen LogP contribution >= 0.6 is 23.1 Å². The second-order valence-electron chi connectivity index (χ2n) is 1.74. The standard InChI is InChI=1S/C5H5NS2/c1-2-7-5-4(1)6-3-8-5/h3H,1-2H2/p+1. The quantitative estimate of drug-likeness (QED) is 0.534. The van der Waals surface area contributed by atoms with Crippen molar-refractivity contribution in [2.24, 2.45) is 0 Å². The topological polar surface area (TPSA) is 14.1 Å². The SMILES string of the molecule is c1[nH+]c2c(s1)SCC2. The highest BCUT2D eigenvalue weighted by molar-refractivity contribution is 8.01. The van der Waals surface area contributed by atoms with E-state index >= 15 is 0 Å². The lowest BCUT2D eigenvalue weighted by Crippen LogP contribution is -2.01. The van der Waals surface area contributed by atoms with E-state index in [1.807, 2.05) is 23.1 Å². The van der Waals surface area contributed by atoms with Crippen molar-refractivity contribution in [3.8, 4) is 0 Å². The zero-order valence-corrected chi connectivity index (χ0v) is 5.94. The van der Waals surface area contributed by atoms with Gasteiger partial charge < -0.3 is 0 Å². The number of aromatic amines is 1. The van der Waals surface area contributed by atoms with Crippen LogP contribution in [0.25, 0.3) is 0 Å². The van der Waals surface area contributed by atoms with Crippen LogP contribution in [0.15, 0.2) is 9.72 Å². The lowest BCUT2D eigenvalue weighted by atomic mass is 10.4. The van der Waals surface area contributed by atoms with Crippen LogP contribution in [0.5, 0.6) is 0 Å². The van der Waals surface area contributed by atoms with Crippen molar-refractivity contribution >= 4 is 23.1 Å². The molecule has 1 aliphatic heterocycles. The normalized spacial score (nSPS) is 16.5. The second kappa shape index (κ2) is 1.74. The first-order valence-electron chi connectivity index (χ1n) is 2.57. The van der Waals surface area contributed by atoms with Gasteiger partial charge in [0.25, 0.3) is 0 Å². The first-order valence-corrected chi connectivity index (χ1v) is 4.44. The minimum atomic E-state index is 1.24. The predicted octanol–water partition coefficient (Wildman–Crippen LogP) is 1.21. The van der Waals surface area contributed by atoms with Crippen LogP contribution in [-0.4, -0.2) is 5.75 Å². The Morgan fingerprint density at radius 1 is 1.62 bits per heavy atom. The van der Waals surface area contributed by atoms with Crippen LogP contribution in [0.4, 0.5) is 0 Å². The third-order valence-corrected chi connectivity index (χ3v) is 3.49. The first kappa shape index (κ1) is 4.82. The van der Waals surface area contributed by atoms with Gasteiger partial charge in [0.2, 0.25) is 11.2 Å². The van der Waals surface area contributed by atoms with Crippen LogP contribution in [-0.2, 0) is 6.42 Å². The summed E-state index contributed by atoms with van der Waals surface area (Å²) in [7, 11) is 0. The van der Waals surface area contributed by atoms with Gasteiger partial charge in [-0.1, -0.05) is 11.3 Å². The Hall–Kier alpha value is -0.0200. The van der Waals surface area contributed by atoms with Gasteiger partial charge in [-0.15, -0.1) is 11.8 Å².